The van der Waals surface area contributed by atoms with Crippen LogP contribution in [-0.4, -0.2) is 58.2 Å². The van der Waals surface area contributed by atoms with Crippen LogP contribution in [0.2, 0.25) is 0 Å². The lowest BCUT2D eigenvalue weighted by atomic mass is 10.1. The number of rotatable bonds is 6. The molecule has 1 aliphatic heterocycles. The summed E-state index contributed by atoms with van der Waals surface area (Å²) >= 11 is 0. The number of carbonyl (C=O) groups is 1. The van der Waals surface area contributed by atoms with Crippen molar-refractivity contribution in [1.29, 1.82) is 0 Å². The summed E-state index contributed by atoms with van der Waals surface area (Å²) in [6.45, 7) is 4.25. The zero-order chi connectivity index (χ0) is 23.5. The van der Waals surface area contributed by atoms with Gasteiger partial charge in [-0.15, -0.1) is 0 Å². The average molecular weight is 465 g/mol. The van der Waals surface area contributed by atoms with Gasteiger partial charge in [-0.1, -0.05) is 30.3 Å². The normalized spacial score (nSPS) is 16.5. The Bertz CT molecular complexity index is 1160. The molecule has 3 aromatic rings. The quantitative estimate of drug-likeness (QED) is 0.542. The second-order valence-electron chi connectivity index (χ2n) is 9.21. The third kappa shape index (κ3) is 4.75. The van der Waals surface area contributed by atoms with Crippen LogP contribution < -0.4 is 0 Å². The summed E-state index contributed by atoms with van der Waals surface area (Å²) in [5.41, 5.74) is 4.18. The highest BCUT2D eigenvalue weighted by atomic mass is 19.2. The molecular formula is C27H30F2N4O. The molecule has 2 aliphatic rings. The fourth-order valence-corrected chi connectivity index (χ4v) is 5.14. The lowest BCUT2D eigenvalue weighted by Crippen LogP contribution is -2.36. The Labute approximate surface area is 199 Å². The van der Waals surface area contributed by atoms with Gasteiger partial charge < -0.3 is 9.80 Å². The van der Waals surface area contributed by atoms with Gasteiger partial charge in [-0.3, -0.25) is 4.79 Å². The van der Waals surface area contributed by atoms with Crippen molar-refractivity contribution < 1.29 is 13.6 Å². The molecule has 0 radical (unpaired) electrons. The molecule has 1 aliphatic carbocycles. The number of hydrogen-bond donors (Lipinski definition) is 0. The van der Waals surface area contributed by atoms with E-state index in [9.17, 15) is 13.6 Å². The van der Waals surface area contributed by atoms with E-state index in [0.717, 1.165) is 81.5 Å². The smallest absolute Gasteiger partial charge is 0.274 e. The molecule has 2 heterocycles. The van der Waals surface area contributed by atoms with E-state index >= 15 is 0 Å². The van der Waals surface area contributed by atoms with Gasteiger partial charge in [0, 0.05) is 37.0 Å². The molecule has 2 aromatic carbocycles. The second kappa shape index (κ2) is 10.1. The van der Waals surface area contributed by atoms with Crippen LogP contribution in [0, 0.1) is 11.6 Å². The summed E-state index contributed by atoms with van der Waals surface area (Å²) in [5.74, 6) is -1.85. The minimum Gasteiger partial charge on any atom is -0.336 e. The molecule has 0 saturated carbocycles. The molecule has 1 fully saturated rings. The van der Waals surface area contributed by atoms with Crippen LogP contribution >= 0.6 is 0 Å². The maximum atomic E-state index is 13.8. The van der Waals surface area contributed by atoms with Gasteiger partial charge in [-0.2, -0.15) is 5.10 Å². The first-order valence-corrected chi connectivity index (χ1v) is 12.2. The van der Waals surface area contributed by atoms with Gasteiger partial charge in [0.1, 0.15) is 0 Å². The third-order valence-corrected chi connectivity index (χ3v) is 6.94. The SMILES string of the molecule is O=C(c1nn(-c2ccc(F)c(F)c2)c2c1CCC2)N1CCCN(CCCc2ccccc2)CC1. The number of amides is 1. The molecule has 7 heteroatoms. The number of hydrogen-bond acceptors (Lipinski definition) is 3. The summed E-state index contributed by atoms with van der Waals surface area (Å²) in [4.78, 5) is 17.8. The number of aromatic nitrogens is 2. The van der Waals surface area contributed by atoms with Crippen LogP contribution in [0.3, 0.4) is 0 Å². The van der Waals surface area contributed by atoms with E-state index in [-0.39, 0.29) is 5.91 Å². The molecule has 178 valence electrons. The molecule has 0 N–H and O–H groups in total. The first-order chi connectivity index (χ1) is 16.6. The van der Waals surface area contributed by atoms with E-state index in [2.05, 4.69) is 34.3 Å². The van der Waals surface area contributed by atoms with Gasteiger partial charge in [-0.25, -0.2) is 13.5 Å². The van der Waals surface area contributed by atoms with Gasteiger partial charge in [0.05, 0.1) is 5.69 Å². The van der Waals surface area contributed by atoms with Crippen LogP contribution in [0.1, 0.15) is 46.6 Å². The summed E-state index contributed by atoms with van der Waals surface area (Å²) in [5, 5.41) is 4.60. The number of halogens is 2. The van der Waals surface area contributed by atoms with Gasteiger partial charge >= 0.3 is 0 Å². The van der Waals surface area contributed by atoms with E-state index in [0.29, 0.717) is 24.5 Å². The maximum Gasteiger partial charge on any atom is 0.274 e. The van der Waals surface area contributed by atoms with Crippen molar-refractivity contribution in [2.45, 2.75) is 38.5 Å². The highest BCUT2D eigenvalue weighted by Gasteiger charge is 2.30. The molecule has 1 aromatic heterocycles. The Balaban J connectivity index is 1.25. The van der Waals surface area contributed by atoms with Gasteiger partial charge in [0.2, 0.25) is 0 Å². The summed E-state index contributed by atoms with van der Waals surface area (Å²) in [7, 11) is 0. The number of carbonyl (C=O) groups excluding carboxylic acids is 1. The Hall–Kier alpha value is -3.06. The zero-order valence-corrected chi connectivity index (χ0v) is 19.4. The first-order valence-electron chi connectivity index (χ1n) is 12.2. The maximum absolute atomic E-state index is 13.8. The van der Waals surface area contributed by atoms with E-state index in [1.165, 1.54) is 11.6 Å². The van der Waals surface area contributed by atoms with E-state index < -0.39 is 11.6 Å². The van der Waals surface area contributed by atoms with Crippen molar-refractivity contribution in [2.24, 2.45) is 0 Å². The minimum absolute atomic E-state index is 0.0504. The standard InChI is InChI=1S/C27H30F2N4O/c28-23-13-12-21(19-24(23)29)33-25-11-4-10-22(25)26(30-33)27(34)32-16-6-15-31(17-18-32)14-5-9-20-7-2-1-3-8-20/h1-3,7-8,12-13,19H,4-6,9-11,14-18H2. The molecule has 1 saturated heterocycles. The Morgan fingerprint density at radius 3 is 2.59 bits per heavy atom. The van der Waals surface area contributed by atoms with Crippen LogP contribution in [0.15, 0.2) is 48.5 Å². The fraction of sp³-hybridized carbons (Fsp3) is 0.407. The van der Waals surface area contributed by atoms with Crippen molar-refractivity contribution >= 4 is 5.91 Å². The monoisotopic (exact) mass is 464 g/mol. The van der Waals surface area contributed by atoms with E-state index in [4.69, 9.17) is 0 Å². The molecule has 1 amide bonds. The number of benzene rings is 2. The summed E-state index contributed by atoms with van der Waals surface area (Å²) in [6, 6.07) is 14.3. The average Bonchev–Trinajstić information content (AvgIpc) is 3.38. The van der Waals surface area contributed by atoms with E-state index in [1.54, 1.807) is 4.68 Å². The predicted molar refractivity (Wildman–Crippen MR) is 127 cm³/mol. The summed E-state index contributed by atoms with van der Waals surface area (Å²) in [6.07, 6.45) is 5.61. The predicted octanol–water partition coefficient (Wildman–Crippen LogP) is 4.42. The third-order valence-electron chi connectivity index (χ3n) is 6.94. The van der Waals surface area contributed by atoms with Crippen molar-refractivity contribution in [1.82, 2.24) is 19.6 Å². The van der Waals surface area contributed by atoms with Crippen molar-refractivity contribution in [3.8, 4) is 5.69 Å². The molecule has 0 atom stereocenters. The molecule has 0 bridgehead atoms. The van der Waals surface area contributed by atoms with Crippen LogP contribution in [0.25, 0.3) is 5.69 Å². The van der Waals surface area contributed by atoms with Crippen molar-refractivity contribution in [2.75, 3.05) is 32.7 Å². The molecular weight excluding hydrogens is 434 g/mol. The van der Waals surface area contributed by atoms with Crippen LogP contribution in [0.4, 0.5) is 8.78 Å². The van der Waals surface area contributed by atoms with Crippen molar-refractivity contribution in [3.63, 3.8) is 0 Å². The highest BCUT2D eigenvalue weighted by Crippen LogP contribution is 2.29. The molecule has 5 rings (SSSR count). The molecule has 0 unspecified atom stereocenters. The Kier molecular flexibility index (Phi) is 6.72. The Morgan fingerprint density at radius 1 is 0.912 bits per heavy atom. The van der Waals surface area contributed by atoms with Gasteiger partial charge in [0.15, 0.2) is 17.3 Å². The van der Waals surface area contributed by atoms with Gasteiger partial charge in [-0.05, 0) is 69.3 Å². The lowest BCUT2D eigenvalue weighted by molar-refractivity contribution is 0.0754. The minimum atomic E-state index is -0.910. The topological polar surface area (TPSA) is 41.4 Å². The zero-order valence-electron chi connectivity index (χ0n) is 19.4. The highest BCUT2D eigenvalue weighted by molar-refractivity contribution is 5.94. The van der Waals surface area contributed by atoms with Gasteiger partial charge in [0.25, 0.3) is 5.91 Å². The van der Waals surface area contributed by atoms with Crippen LogP contribution in [-0.2, 0) is 19.3 Å². The molecule has 34 heavy (non-hydrogen) atoms. The fourth-order valence-electron chi connectivity index (χ4n) is 5.14. The second-order valence-corrected chi connectivity index (χ2v) is 9.21. The number of aryl methyl sites for hydroxylation is 1. The molecule has 5 nitrogen and oxygen atoms in total. The largest absolute Gasteiger partial charge is 0.336 e. The van der Waals surface area contributed by atoms with Crippen LogP contribution in [0.5, 0.6) is 0 Å². The van der Waals surface area contributed by atoms with E-state index in [1.807, 2.05) is 11.0 Å². The number of fused-ring (bicyclic) bond motifs is 1. The summed E-state index contributed by atoms with van der Waals surface area (Å²) < 4.78 is 28.9. The van der Waals surface area contributed by atoms with Crippen molar-refractivity contribution in [3.05, 3.63) is 82.7 Å². The molecule has 0 spiro atoms. The lowest BCUT2D eigenvalue weighted by Gasteiger charge is -2.21. The number of nitrogens with zero attached hydrogens (tertiary/aromatic N) is 4. The first kappa shape index (κ1) is 22.7. The Morgan fingerprint density at radius 2 is 1.76 bits per heavy atom.